The molecule has 3 aromatic rings. The van der Waals surface area contributed by atoms with Gasteiger partial charge in [0.15, 0.2) is 19.8 Å². The van der Waals surface area contributed by atoms with Gasteiger partial charge in [0.25, 0.3) is 11.3 Å². The molecule has 2 N–H and O–H groups in total. The zero-order chi connectivity index (χ0) is 36.7. The van der Waals surface area contributed by atoms with Crippen LogP contribution in [0.15, 0.2) is 36.9 Å². The van der Waals surface area contributed by atoms with E-state index < -0.39 is 65.5 Å². The topological polar surface area (TPSA) is 193 Å². The number of carbonyl (C=O) groups excluding carboxylic acids is 2. The second kappa shape index (κ2) is 13.4. The number of nitrogens with two attached hydrogens (primary N) is 1. The molecule has 1 fully saturated rings. The van der Waals surface area contributed by atoms with Crippen molar-refractivity contribution in [2.45, 2.75) is 129 Å². The molecule has 4 rings (SSSR count). The van der Waals surface area contributed by atoms with Crippen LogP contribution in [0.3, 0.4) is 0 Å². The predicted molar refractivity (Wildman–Crippen MR) is 183 cm³/mol. The number of hydrogen-bond acceptors (Lipinski definition) is 13. The van der Waals surface area contributed by atoms with E-state index in [1.165, 1.54) is 18.7 Å². The van der Waals surface area contributed by atoms with Crippen molar-refractivity contribution in [2.75, 3.05) is 5.73 Å². The molecule has 0 radical (unpaired) electrons. The minimum atomic E-state index is -3.05. The Labute approximate surface area is 287 Å². The fourth-order valence-electron chi connectivity index (χ4n) is 5.14. The maximum atomic E-state index is 14.7. The lowest BCUT2D eigenvalue weighted by molar-refractivity contribution is -0.386. The lowest BCUT2D eigenvalue weighted by Crippen LogP contribution is -2.68. The van der Waals surface area contributed by atoms with Crippen LogP contribution in [0, 0.1) is 10.1 Å². The van der Waals surface area contributed by atoms with E-state index in [-0.39, 0.29) is 30.1 Å². The summed E-state index contributed by atoms with van der Waals surface area (Å²) < 4.78 is 33.5. The van der Waals surface area contributed by atoms with Gasteiger partial charge in [-0.3, -0.25) is 14.7 Å². The van der Waals surface area contributed by atoms with Gasteiger partial charge in [0.2, 0.25) is 0 Å². The highest BCUT2D eigenvalue weighted by atomic mass is 28.4. The molecule has 1 aromatic carbocycles. The van der Waals surface area contributed by atoms with Crippen LogP contribution in [-0.2, 0) is 39.6 Å². The van der Waals surface area contributed by atoms with Crippen molar-refractivity contribution in [1.29, 1.82) is 0 Å². The van der Waals surface area contributed by atoms with Gasteiger partial charge in [-0.2, -0.15) is 0 Å². The number of nitrogen functional groups attached to an aromatic ring is 1. The molecule has 1 aliphatic heterocycles. The molecule has 0 unspecified atom stereocenters. The third kappa shape index (κ3) is 8.08. The number of nitro benzene ring substituents is 1. The normalized spacial score (nSPS) is 19.2. The van der Waals surface area contributed by atoms with Crippen LogP contribution in [0.4, 0.5) is 11.5 Å². The van der Waals surface area contributed by atoms with Crippen molar-refractivity contribution in [3.63, 3.8) is 0 Å². The smallest absolute Gasteiger partial charge is 0.352 e. The third-order valence-electron chi connectivity index (χ3n) is 8.44. The number of anilines is 1. The van der Waals surface area contributed by atoms with Gasteiger partial charge in [-0.15, -0.1) is 0 Å². The largest absolute Gasteiger partial charge is 0.457 e. The number of fused-ring (bicyclic) bond motifs is 1. The lowest BCUT2D eigenvalue weighted by Gasteiger charge is -2.46. The van der Waals surface area contributed by atoms with E-state index in [0.29, 0.717) is 11.2 Å². The predicted octanol–water partition coefficient (Wildman–Crippen LogP) is 5.63. The number of esters is 2. The van der Waals surface area contributed by atoms with Crippen LogP contribution in [0.5, 0.6) is 0 Å². The summed E-state index contributed by atoms with van der Waals surface area (Å²) >= 11 is 0. The summed E-state index contributed by atoms with van der Waals surface area (Å²) in [6.07, 6.45) is -0.625. The molecular weight excluding hydrogens is 652 g/mol. The van der Waals surface area contributed by atoms with Crippen molar-refractivity contribution in [3.05, 3.63) is 52.6 Å². The standard InChI is InChI=1S/C33H48N6O9Si/c1-30(2,3)46-28(40)33(29(41)47-31(4,5)6,48-49(10,11)32(7,8)9)25-22(44-17-20-14-12-13-15-21(20)39(42)43)16-23(45-25)38-19-37-24-26(34)35-18-36-27(24)38/h12-15,18-19,22-23,25H,16-17H2,1-11H3,(H2,34,35,36)/t22-,23+,25-/m0/s1. The molecule has 15 nitrogen and oxygen atoms in total. The van der Waals surface area contributed by atoms with Gasteiger partial charge in [-0.25, -0.2) is 24.5 Å². The van der Waals surface area contributed by atoms with Crippen molar-refractivity contribution >= 4 is 42.9 Å². The van der Waals surface area contributed by atoms with Gasteiger partial charge in [0.1, 0.15) is 35.4 Å². The monoisotopic (exact) mass is 700 g/mol. The number of ether oxygens (including phenoxy) is 4. The van der Waals surface area contributed by atoms with Crippen LogP contribution >= 0.6 is 0 Å². The summed E-state index contributed by atoms with van der Waals surface area (Å²) in [4.78, 5) is 53.5. The molecule has 0 aliphatic carbocycles. The summed E-state index contributed by atoms with van der Waals surface area (Å²) in [6.45, 7) is 19.5. The Balaban J connectivity index is 1.95. The van der Waals surface area contributed by atoms with Gasteiger partial charge < -0.3 is 29.1 Å². The number of benzene rings is 1. The average Bonchev–Trinajstić information content (AvgIpc) is 3.57. The highest BCUT2D eigenvalue weighted by Crippen LogP contribution is 2.47. The lowest BCUT2D eigenvalue weighted by atomic mass is 9.91. The average molecular weight is 701 g/mol. The second-order valence-electron chi connectivity index (χ2n) is 15.7. The van der Waals surface area contributed by atoms with Crippen molar-refractivity contribution in [1.82, 2.24) is 19.5 Å². The Morgan fingerprint density at radius 1 is 1.00 bits per heavy atom. The van der Waals surface area contributed by atoms with E-state index in [1.54, 1.807) is 64.3 Å². The van der Waals surface area contributed by atoms with Crippen molar-refractivity contribution in [3.8, 4) is 0 Å². The molecule has 1 aliphatic rings. The summed E-state index contributed by atoms with van der Waals surface area (Å²) in [5.74, 6) is -1.86. The Morgan fingerprint density at radius 3 is 2.14 bits per heavy atom. The Kier molecular flexibility index (Phi) is 10.3. The van der Waals surface area contributed by atoms with Gasteiger partial charge in [0.05, 0.1) is 29.5 Å². The minimum Gasteiger partial charge on any atom is -0.457 e. The molecule has 0 bridgehead atoms. The van der Waals surface area contributed by atoms with E-state index in [1.807, 2.05) is 33.9 Å². The fourth-order valence-corrected chi connectivity index (χ4v) is 6.53. The molecule has 0 spiro atoms. The van der Waals surface area contributed by atoms with Gasteiger partial charge >= 0.3 is 11.9 Å². The summed E-state index contributed by atoms with van der Waals surface area (Å²) in [6, 6.07) is 6.16. The maximum absolute atomic E-state index is 14.7. The Hall–Kier alpha value is -3.99. The number of aromatic nitrogens is 4. The summed E-state index contributed by atoms with van der Waals surface area (Å²) in [5, 5.41) is 11.4. The first-order valence-electron chi connectivity index (χ1n) is 16.1. The number of hydrogen-bond donors (Lipinski definition) is 1. The van der Waals surface area contributed by atoms with E-state index in [4.69, 9.17) is 29.1 Å². The van der Waals surface area contributed by atoms with Crippen LogP contribution in [0.1, 0.15) is 80.5 Å². The number of carbonyl (C=O) groups is 2. The molecule has 3 atom stereocenters. The minimum absolute atomic E-state index is 0.0505. The maximum Gasteiger partial charge on any atom is 0.352 e. The Morgan fingerprint density at radius 2 is 1.59 bits per heavy atom. The van der Waals surface area contributed by atoms with E-state index in [0.717, 1.165) is 0 Å². The van der Waals surface area contributed by atoms with E-state index in [9.17, 15) is 19.7 Å². The molecule has 16 heteroatoms. The molecule has 0 amide bonds. The molecule has 268 valence electrons. The quantitative estimate of drug-likeness (QED) is 0.0900. The second-order valence-corrected chi connectivity index (χ2v) is 20.4. The SMILES string of the molecule is CC(C)(C)OC(=O)C(O[Si](C)(C)C(C)(C)C)(C(=O)OC(C)(C)C)[C@H]1O[C@@H](n2cnc3c(N)ncnc32)C[C@@H]1OCc1ccccc1[N+](=O)[O-]. The first-order valence-corrected chi connectivity index (χ1v) is 19.0. The van der Waals surface area contributed by atoms with E-state index in [2.05, 4.69) is 15.0 Å². The number of para-hydroxylation sites is 1. The van der Waals surface area contributed by atoms with Crippen LogP contribution < -0.4 is 5.73 Å². The first-order chi connectivity index (χ1) is 22.5. The number of rotatable bonds is 10. The number of nitro groups is 1. The molecule has 0 saturated carbocycles. The third-order valence-corrected chi connectivity index (χ3v) is 12.9. The molecule has 49 heavy (non-hydrogen) atoms. The zero-order valence-corrected chi connectivity index (χ0v) is 31.1. The van der Waals surface area contributed by atoms with Crippen LogP contribution in [0.25, 0.3) is 11.2 Å². The van der Waals surface area contributed by atoms with Crippen molar-refractivity contribution in [2.24, 2.45) is 0 Å². The highest BCUT2D eigenvalue weighted by Gasteiger charge is 2.67. The molecule has 2 aromatic heterocycles. The summed E-state index contributed by atoms with van der Waals surface area (Å²) in [5.41, 5.74) is 2.30. The van der Waals surface area contributed by atoms with Gasteiger partial charge in [0, 0.05) is 12.5 Å². The van der Waals surface area contributed by atoms with Crippen LogP contribution in [-0.4, -0.2) is 73.7 Å². The fraction of sp³-hybridized carbons (Fsp3) is 0.606. The number of nitrogens with zero attached hydrogens (tertiary/aromatic N) is 5. The Bertz CT molecular complexity index is 1680. The molecular formula is C33H48N6O9Si. The summed E-state index contributed by atoms with van der Waals surface area (Å²) in [7, 11) is -3.05. The molecule has 1 saturated heterocycles. The van der Waals surface area contributed by atoms with Gasteiger partial charge in [-0.1, -0.05) is 32.9 Å². The van der Waals surface area contributed by atoms with Crippen molar-refractivity contribution < 1.29 is 37.9 Å². The highest BCUT2D eigenvalue weighted by molar-refractivity contribution is 6.74. The molecule has 3 heterocycles. The first kappa shape index (κ1) is 37.8. The van der Waals surface area contributed by atoms with Gasteiger partial charge in [-0.05, 0) is 65.7 Å². The zero-order valence-electron chi connectivity index (χ0n) is 30.1. The number of imidazole rings is 1. The van der Waals surface area contributed by atoms with Crippen LogP contribution in [0.2, 0.25) is 18.1 Å². The van der Waals surface area contributed by atoms with E-state index >= 15 is 0 Å².